The maximum Gasteiger partial charge on any atom is 0.326 e. The summed E-state index contributed by atoms with van der Waals surface area (Å²) in [7, 11) is 1.61. The molecule has 0 heterocycles. The highest BCUT2D eigenvalue weighted by Crippen LogP contribution is 2.42. The molecule has 0 saturated heterocycles. The van der Waals surface area contributed by atoms with E-state index in [4.69, 9.17) is 4.74 Å². The summed E-state index contributed by atoms with van der Waals surface area (Å²) in [6.45, 7) is 1.91. The Morgan fingerprint density at radius 1 is 1.26 bits per heavy atom. The van der Waals surface area contributed by atoms with Crippen molar-refractivity contribution in [2.45, 2.75) is 56.9 Å². The second kappa shape index (κ2) is 7.49. The van der Waals surface area contributed by atoms with Gasteiger partial charge >= 0.3 is 5.97 Å². The summed E-state index contributed by atoms with van der Waals surface area (Å²) >= 11 is 0. The third-order valence-corrected chi connectivity index (χ3v) is 4.72. The van der Waals surface area contributed by atoms with E-state index in [1.54, 1.807) is 7.11 Å². The summed E-state index contributed by atoms with van der Waals surface area (Å²) < 4.78 is 5.17. The normalized spacial score (nSPS) is 17.5. The van der Waals surface area contributed by atoms with Crippen LogP contribution in [0.25, 0.3) is 0 Å². The molecule has 1 unspecified atom stereocenters. The lowest BCUT2D eigenvalue weighted by Crippen LogP contribution is -2.49. The average Bonchev–Trinajstić information content (AvgIpc) is 3.05. The highest BCUT2D eigenvalue weighted by atomic mass is 16.5. The van der Waals surface area contributed by atoms with Crippen LogP contribution in [0.2, 0.25) is 0 Å². The summed E-state index contributed by atoms with van der Waals surface area (Å²) in [5.74, 6) is -0.388. The third kappa shape index (κ3) is 3.66. The van der Waals surface area contributed by atoms with Crippen molar-refractivity contribution in [3.05, 3.63) is 29.8 Å². The van der Waals surface area contributed by atoms with Crippen LogP contribution in [0.4, 0.5) is 0 Å². The van der Waals surface area contributed by atoms with Crippen molar-refractivity contribution >= 4 is 11.9 Å². The largest absolute Gasteiger partial charge is 0.497 e. The lowest BCUT2D eigenvalue weighted by Gasteiger charge is -2.30. The molecule has 1 aromatic carbocycles. The fourth-order valence-electron chi connectivity index (χ4n) is 3.38. The zero-order valence-corrected chi connectivity index (χ0v) is 13.8. The number of rotatable bonds is 7. The van der Waals surface area contributed by atoms with Crippen LogP contribution in [-0.2, 0) is 15.0 Å². The van der Waals surface area contributed by atoms with E-state index in [9.17, 15) is 14.7 Å². The summed E-state index contributed by atoms with van der Waals surface area (Å²) in [4.78, 5) is 24.2. The summed E-state index contributed by atoms with van der Waals surface area (Å²) in [6, 6.07) is 6.72. The SMILES string of the molecule is CCCC(NC(=O)C1(c2ccc(OC)cc2)CCCC1)C(=O)O. The monoisotopic (exact) mass is 319 g/mol. The first-order chi connectivity index (χ1) is 11.0. The molecule has 1 fully saturated rings. The molecule has 5 nitrogen and oxygen atoms in total. The Balaban J connectivity index is 2.25. The third-order valence-electron chi connectivity index (χ3n) is 4.72. The molecule has 5 heteroatoms. The van der Waals surface area contributed by atoms with Crippen molar-refractivity contribution in [1.82, 2.24) is 5.32 Å². The Bertz CT molecular complexity index is 547. The molecule has 0 aliphatic heterocycles. The first kappa shape index (κ1) is 17.3. The Kier molecular flexibility index (Phi) is 5.64. The van der Waals surface area contributed by atoms with Gasteiger partial charge < -0.3 is 15.2 Å². The molecule has 1 saturated carbocycles. The van der Waals surface area contributed by atoms with Crippen LogP contribution in [0.3, 0.4) is 0 Å². The number of aliphatic carboxylic acids is 1. The predicted octanol–water partition coefficient (Wildman–Crippen LogP) is 2.88. The van der Waals surface area contributed by atoms with Crippen LogP contribution in [0.1, 0.15) is 51.0 Å². The standard InChI is InChI=1S/C18H25NO4/c1-3-6-15(16(20)21)19-17(22)18(11-4-5-12-18)13-7-9-14(23-2)10-8-13/h7-10,15H,3-6,11-12H2,1-2H3,(H,19,22)(H,20,21). The topological polar surface area (TPSA) is 75.6 Å². The van der Waals surface area contributed by atoms with E-state index in [1.807, 2.05) is 31.2 Å². The number of carbonyl (C=O) groups is 2. The second-order valence-corrected chi connectivity index (χ2v) is 6.17. The number of nitrogens with one attached hydrogen (secondary N) is 1. The van der Waals surface area contributed by atoms with Crippen LogP contribution >= 0.6 is 0 Å². The number of ether oxygens (including phenoxy) is 1. The van der Waals surface area contributed by atoms with Crippen molar-refractivity contribution in [3.63, 3.8) is 0 Å². The lowest BCUT2D eigenvalue weighted by atomic mass is 9.77. The molecular weight excluding hydrogens is 294 g/mol. The molecule has 1 aromatic rings. The van der Waals surface area contributed by atoms with Gasteiger partial charge in [-0.3, -0.25) is 4.79 Å². The minimum atomic E-state index is -0.969. The molecule has 0 aromatic heterocycles. The lowest BCUT2D eigenvalue weighted by molar-refractivity contribution is -0.143. The van der Waals surface area contributed by atoms with E-state index in [0.29, 0.717) is 12.8 Å². The first-order valence-corrected chi connectivity index (χ1v) is 8.22. The zero-order valence-electron chi connectivity index (χ0n) is 13.8. The van der Waals surface area contributed by atoms with Gasteiger partial charge in [0.15, 0.2) is 0 Å². The minimum absolute atomic E-state index is 0.166. The molecule has 2 N–H and O–H groups in total. The Morgan fingerprint density at radius 2 is 1.87 bits per heavy atom. The fraction of sp³-hybridized carbons (Fsp3) is 0.556. The summed E-state index contributed by atoms with van der Waals surface area (Å²) in [6.07, 6.45) is 4.62. The van der Waals surface area contributed by atoms with Crippen molar-refractivity contribution in [3.8, 4) is 5.75 Å². The van der Waals surface area contributed by atoms with Gasteiger partial charge in [-0.1, -0.05) is 38.3 Å². The van der Waals surface area contributed by atoms with Crippen molar-refractivity contribution in [1.29, 1.82) is 0 Å². The van der Waals surface area contributed by atoms with Gasteiger partial charge in [0.05, 0.1) is 12.5 Å². The maximum absolute atomic E-state index is 12.9. The van der Waals surface area contributed by atoms with E-state index in [1.165, 1.54) is 0 Å². The molecule has 0 radical (unpaired) electrons. The molecule has 1 aliphatic carbocycles. The van der Waals surface area contributed by atoms with Crippen LogP contribution < -0.4 is 10.1 Å². The zero-order chi connectivity index (χ0) is 16.9. The first-order valence-electron chi connectivity index (χ1n) is 8.22. The molecule has 0 bridgehead atoms. The van der Waals surface area contributed by atoms with Gasteiger partial charge in [0.2, 0.25) is 5.91 Å². The van der Waals surface area contributed by atoms with Gasteiger partial charge in [-0.05, 0) is 37.0 Å². The molecule has 2 rings (SSSR count). The number of benzene rings is 1. The highest BCUT2D eigenvalue weighted by Gasteiger charge is 2.43. The van der Waals surface area contributed by atoms with Crippen LogP contribution in [0, 0.1) is 0 Å². The number of hydrogen-bond acceptors (Lipinski definition) is 3. The van der Waals surface area contributed by atoms with Crippen LogP contribution in [-0.4, -0.2) is 30.1 Å². The molecule has 23 heavy (non-hydrogen) atoms. The Labute approximate surface area is 137 Å². The van der Waals surface area contributed by atoms with Gasteiger partial charge in [0.25, 0.3) is 0 Å². The predicted molar refractivity (Wildman–Crippen MR) is 87.6 cm³/mol. The van der Waals surface area contributed by atoms with Gasteiger partial charge in [-0.25, -0.2) is 4.79 Å². The smallest absolute Gasteiger partial charge is 0.326 e. The second-order valence-electron chi connectivity index (χ2n) is 6.17. The molecule has 1 aliphatic rings. The Hall–Kier alpha value is -2.04. The van der Waals surface area contributed by atoms with Gasteiger partial charge in [-0.2, -0.15) is 0 Å². The van der Waals surface area contributed by atoms with E-state index in [-0.39, 0.29) is 5.91 Å². The number of carbonyl (C=O) groups excluding carboxylic acids is 1. The van der Waals surface area contributed by atoms with E-state index in [2.05, 4.69) is 5.32 Å². The van der Waals surface area contributed by atoms with Crippen LogP contribution in [0.15, 0.2) is 24.3 Å². The van der Waals surface area contributed by atoms with Crippen LogP contribution in [0.5, 0.6) is 5.75 Å². The number of amides is 1. The van der Waals surface area contributed by atoms with E-state index in [0.717, 1.165) is 37.0 Å². The average molecular weight is 319 g/mol. The van der Waals surface area contributed by atoms with Crippen molar-refractivity contribution in [2.24, 2.45) is 0 Å². The highest BCUT2D eigenvalue weighted by molar-refractivity contribution is 5.91. The number of methoxy groups -OCH3 is 1. The number of carboxylic acid groups (broad SMARTS) is 1. The number of carboxylic acids is 1. The minimum Gasteiger partial charge on any atom is -0.497 e. The molecule has 1 amide bonds. The van der Waals surface area contributed by atoms with Crippen molar-refractivity contribution in [2.75, 3.05) is 7.11 Å². The van der Waals surface area contributed by atoms with Gasteiger partial charge in [0.1, 0.15) is 11.8 Å². The van der Waals surface area contributed by atoms with Crippen molar-refractivity contribution < 1.29 is 19.4 Å². The molecule has 0 spiro atoms. The van der Waals surface area contributed by atoms with Gasteiger partial charge in [-0.15, -0.1) is 0 Å². The van der Waals surface area contributed by atoms with Gasteiger partial charge in [0, 0.05) is 0 Å². The Morgan fingerprint density at radius 3 is 2.35 bits per heavy atom. The summed E-state index contributed by atoms with van der Waals surface area (Å²) in [5, 5.41) is 12.0. The van der Waals surface area contributed by atoms with E-state index < -0.39 is 17.4 Å². The maximum atomic E-state index is 12.9. The molecular formula is C18H25NO4. The molecule has 126 valence electrons. The fourth-order valence-corrected chi connectivity index (χ4v) is 3.38. The summed E-state index contributed by atoms with van der Waals surface area (Å²) in [5.41, 5.74) is 0.321. The molecule has 1 atom stereocenters. The number of hydrogen-bond donors (Lipinski definition) is 2. The van der Waals surface area contributed by atoms with E-state index >= 15 is 0 Å². The quantitative estimate of drug-likeness (QED) is 0.810.